The molecule has 6 nitrogen and oxygen atoms in total. The van der Waals surface area contributed by atoms with Crippen LogP contribution >= 0.6 is 0 Å². The minimum Gasteiger partial charge on any atom is -0.506 e. The van der Waals surface area contributed by atoms with Crippen LogP contribution in [0.2, 0.25) is 0 Å². The van der Waals surface area contributed by atoms with E-state index in [0.717, 1.165) is 41.0 Å². The summed E-state index contributed by atoms with van der Waals surface area (Å²) in [5.41, 5.74) is 4.09. The SMILES string of the molecule is CCCCN1/C(=C/C2=C(O)C(=C\C3=[N+](CCCC(F)(F)F)c4ccccc4C3(C)C)/C2=O)C(C)(C)c2cc(C(=O)O)ccc21. The van der Waals surface area contributed by atoms with Gasteiger partial charge in [-0.1, -0.05) is 45.4 Å². The number of aliphatic hydroxyl groups is 1. The quantitative estimate of drug-likeness (QED) is 0.224. The zero-order chi connectivity index (χ0) is 32.2. The summed E-state index contributed by atoms with van der Waals surface area (Å²) in [4.78, 5) is 27.4. The monoisotopic (exact) mass is 607 g/mol. The standard InChI is InChI=1S/C35H37F3N2O4/c1-6-7-16-39-27-14-13-21(32(43)44)18-25(27)34(4,5)29(39)20-23-30(41)22(31(23)42)19-28-33(2,3)24-11-8-9-12-26(24)40(28)17-10-15-35(36,37)38/h8-9,11-14,18-20H,6-7,10,15-17H2,1-5H3,(H-,41,42,43,44)/p+1. The predicted octanol–water partition coefficient (Wildman–Crippen LogP) is 7.91. The lowest BCUT2D eigenvalue weighted by Crippen LogP contribution is -2.32. The molecule has 0 radical (unpaired) electrons. The van der Waals surface area contributed by atoms with Crippen LogP contribution in [0.1, 0.15) is 81.8 Å². The van der Waals surface area contributed by atoms with Crippen molar-refractivity contribution < 1.29 is 37.5 Å². The van der Waals surface area contributed by atoms with Crippen LogP contribution < -0.4 is 4.90 Å². The molecule has 232 valence electrons. The number of allylic oxidation sites excluding steroid dienone is 5. The third kappa shape index (κ3) is 5.26. The van der Waals surface area contributed by atoms with Gasteiger partial charge in [-0.05, 0) is 50.1 Å². The van der Waals surface area contributed by atoms with Crippen molar-refractivity contribution in [3.05, 3.63) is 93.9 Å². The molecule has 0 aromatic heterocycles. The molecule has 0 amide bonds. The highest BCUT2D eigenvalue weighted by molar-refractivity contribution is 6.24. The lowest BCUT2D eigenvalue weighted by Gasteiger charge is -2.29. The van der Waals surface area contributed by atoms with Crippen LogP contribution in [0.5, 0.6) is 0 Å². The largest absolute Gasteiger partial charge is 0.506 e. The maximum Gasteiger partial charge on any atom is 0.389 e. The molecule has 0 spiro atoms. The molecule has 2 N–H and O–H groups in total. The summed E-state index contributed by atoms with van der Waals surface area (Å²) < 4.78 is 40.8. The fourth-order valence-corrected chi connectivity index (χ4v) is 6.59. The molecule has 1 aliphatic carbocycles. The van der Waals surface area contributed by atoms with Gasteiger partial charge >= 0.3 is 12.1 Å². The normalized spacial score (nSPS) is 20.5. The van der Waals surface area contributed by atoms with Gasteiger partial charge < -0.3 is 15.1 Å². The van der Waals surface area contributed by atoms with Crippen LogP contribution in [0.4, 0.5) is 24.5 Å². The second-order valence-corrected chi connectivity index (χ2v) is 12.7. The number of Topliss-reactive ketones (excluding diaryl/α,β-unsaturated/α-hetero) is 1. The van der Waals surface area contributed by atoms with Crippen molar-refractivity contribution in [1.82, 2.24) is 0 Å². The molecule has 0 saturated carbocycles. The summed E-state index contributed by atoms with van der Waals surface area (Å²) in [6.07, 6.45) is -0.173. The van der Waals surface area contributed by atoms with E-state index in [1.807, 2.05) is 56.5 Å². The third-order valence-corrected chi connectivity index (χ3v) is 9.08. The van der Waals surface area contributed by atoms with Gasteiger partial charge in [-0.3, -0.25) is 4.79 Å². The minimum absolute atomic E-state index is 0.111. The van der Waals surface area contributed by atoms with Crippen LogP contribution in [0, 0.1) is 0 Å². The first-order chi connectivity index (χ1) is 20.6. The Hall–Kier alpha value is -4.14. The van der Waals surface area contributed by atoms with Gasteiger partial charge in [0.25, 0.3) is 0 Å². The molecule has 0 saturated heterocycles. The van der Waals surface area contributed by atoms with Gasteiger partial charge in [-0.2, -0.15) is 17.7 Å². The molecule has 2 aromatic carbocycles. The summed E-state index contributed by atoms with van der Waals surface area (Å²) in [6.45, 7) is 10.7. The van der Waals surface area contributed by atoms with E-state index in [9.17, 15) is 33.0 Å². The Bertz CT molecular complexity index is 1670. The maximum atomic E-state index is 13.6. The number of alkyl halides is 3. The molecule has 5 rings (SSSR count). The number of nitrogens with zero attached hydrogens (tertiary/aromatic N) is 2. The molecular weight excluding hydrogens is 569 g/mol. The highest BCUT2D eigenvalue weighted by Crippen LogP contribution is 2.50. The number of carbonyl (C=O) groups is 2. The summed E-state index contributed by atoms with van der Waals surface area (Å²) in [5.74, 6) is -1.53. The first-order valence-electron chi connectivity index (χ1n) is 15.0. The number of benzene rings is 2. The zero-order valence-corrected chi connectivity index (χ0v) is 25.7. The molecule has 0 fully saturated rings. The van der Waals surface area contributed by atoms with Gasteiger partial charge in [0.1, 0.15) is 12.3 Å². The number of unbranched alkanes of at least 4 members (excludes halogenated alkanes) is 1. The van der Waals surface area contributed by atoms with E-state index in [1.165, 1.54) is 0 Å². The van der Waals surface area contributed by atoms with Crippen molar-refractivity contribution in [1.29, 1.82) is 0 Å². The maximum absolute atomic E-state index is 13.6. The average molecular weight is 608 g/mol. The molecule has 2 aliphatic heterocycles. The molecule has 2 heterocycles. The molecule has 0 bridgehead atoms. The topological polar surface area (TPSA) is 80.8 Å². The number of aliphatic hydroxyl groups excluding tert-OH is 1. The molecule has 44 heavy (non-hydrogen) atoms. The Labute approximate surface area is 255 Å². The van der Waals surface area contributed by atoms with Gasteiger partial charge in [0.05, 0.1) is 22.1 Å². The number of carbonyl (C=O) groups excluding carboxylic acids is 1. The minimum atomic E-state index is -4.27. The van der Waals surface area contributed by atoms with Crippen LogP contribution in [-0.2, 0) is 15.6 Å². The average Bonchev–Trinajstić information content (AvgIpc) is 3.30. The Morgan fingerprint density at radius 1 is 1.00 bits per heavy atom. The molecule has 2 aromatic rings. The van der Waals surface area contributed by atoms with Crippen molar-refractivity contribution in [2.24, 2.45) is 0 Å². The predicted molar refractivity (Wildman–Crippen MR) is 164 cm³/mol. The number of aromatic carboxylic acids is 1. The Morgan fingerprint density at radius 2 is 1.70 bits per heavy atom. The highest BCUT2D eigenvalue weighted by Gasteiger charge is 2.47. The van der Waals surface area contributed by atoms with E-state index < -0.39 is 29.4 Å². The second-order valence-electron chi connectivity index (χ2n) is 12.7. The van der Waals surface area contributed by atoms with Gasteiger partial charge in [0.15, 0.2) is 5.71 Å². The third-order valence-electron chi connectivity index (χ3n) is 9.08. The summed E-state index contributed by atoms with van der Waals surface area (Å²) >= 11 is 0. The summed E-state index contributed by atoms with van der Waals surface area (Å²) in [7, 11) is 0. The second kappa shape index (κ2) is 11.1. The van der Waals surface area contributed by atoms with Gasteiger partial charge in [0, 0.05) is 53.9 Å². The number of hydrogen-bond acceptors (Lipinski definition) is 4. The van der Waals surface area contributed by atoms with E-state index in [0.29, 0.717) is 12.3 Å². The molecular formula is C35H38F3N2O4+. The first kappa shape index (κ1) is 31.3. The number of anilines is 1. The van der Waals surface area contributed by atoms with Crippen LogP contribution in [-0.4, -0.2) is 51.5 Å². The molecule has 9 heteroatoms. The number of carboxylic acids is 1. The zero-order valence-electron chi connectivity index (χ0n) is 25.7. The van der Waals surface area contributed by atoms with Crippen molar-refractivity contribution in [2.75, 3.05) is 18.0 Å². The van der Waals surface area contributed by atoms with Gasteiger partial charge in [-0.25, -0.2) is 4.79 Å². The van der Waals surface area contributed by atoms with E-state index in [-0.39, 0.29) is 41.2 Å². The Morgan fingerprint density at radius 3 is 2.34 bits per heavy atom. The lowest BCUT2D eigenvalue weighted by atomic mass is 9.77. The van der Waals surface area contributed by atoms with E-state index >= 15 is 0 Å². The smallest absolute Gasteiger partial charge is 0.389 e. The molecule has 0 unspecified atom stereocenters. The number of ketones is 1. The van der Waals surface area contributed by atoms with Crippen LogP contribution in [0.3, 0.4) is 0 Å². The number of rotatable bonds is 9. The number of para-hydroxylation sites is 1. The summed E-state index contributed by atoms with van der Waals surface area (Å²) in [5, 5.41) is 20.8. The van der Waals surface area contributed by atoms with E-state index in [2.05, 4.69) is 11.8 Å². The van der Waals surface area contributed by atoms with Crippen molar-refractivity contribution in [3.8, 4) is 0 Å². The number of fused-ring (bicyclic) bond motifs is 2. The number of halogens is 3. The van der Waals surface area contributed by atoms with Crippen molar-refractivity contribution in [3.63, 3.8) is 0 Å². The van der Waals surface area contributed by atoms with Crippen LogP contribution in [0.25, 0.3) is 0 Å². The summed E-state index contributed by atoms with van der Waals surface area (Å²) in [6, 6.07) is 12.6. The van der Waals surface area contributed by atoms with Gasteiger partial charge in [-0.15, -0.1) is 0 Å². The Kier molecular flexibility index (Phi) is 7.89. The fraction of sp³-hybridized carbons (Fsp3) is 0.400. The van der Waals surface area contributed by atoms with Gasteiger partial charge in [0.2, 0.25) is 11.5 Å². The van der Waals surface area contributed by atoms with Crippen molar-refractivity contribution in [2.45, 2.75) is 77.3 Å². The highest BCUT2D eigenvalue weighted by atomic mass is 19.4. The van der Waals surface area contributed by atoms with Crippen molar-refractivity contribution >= 4 is 28.8 Å². The van der Waals surface area contributed by atoms with E-state index in [1.54, 1.807) is 30.4 Å². The molecule has 0 atom stereocenters. The fourth-order valence-electron chi connectivity index (χ4n) is 6.59. The number of carboxylic acid groups (broad SMARTS) is 1. The van der Waals surface area contributed by atoms with Crippen LogP contribution in [0.15, 0.2) is 77.2 Å². The lowest BCUT2D eigenvalue weighted by molar-refractivity contribution is -0.439. The first-order valence-corrected chi connectivity index (χ1v) is 15.0. The number of hydrogen-bond donors (Lipinski definition) is 2. The molecule has 3 aliphatic rings. The van der Waals surface area contributed by atoms with E-state index in [4.69, 9.17) is 0 Å². The Balaban J connectivity index is 1.56.